The summed E-state index contributed by atoms with van der Waals surface area (Å²) in [6.45, 7) is 17.6. The number of pyridine rings is 1. The number of rotatable bonds is 16. The van der Waals surface area contributed by atoms with Gasteiger partial charge in [-0.3, -0.25) is 9.98 Å². The Morgan fingerprint density at radius 3 is 1.09 bits per heavy atom. The highest BCUT2D eigenvalue weighted by molar-refractivity contribution is 6.31. The molecule has 3 rings (SSSR count). The Kier molecular flexibility index (Phi) is 14.1. The van der Waals surface area contributed by atoms with Crippen LogP contribution in [-0.2, 0) is 38.5 Å². The molecule has 0 unspecified atom stereocenters. The molecule has 3 nitrogen and oxygen atoms in total. The molecule has 1 aromatic heterocycles. The van der Waals surface area contributed by atoms with Crippen LogP contribution in [0, 0.1) is 0 Å². The molecule has 0 spiro atoms. The van der Waals surface area contributed by atoms with E-state index in [4.69, 9.17) is 26.6 Å². The van der Waals surface area contributed by atoms with Crippen LogP contribution in [0.3, 0.4) is 0 Å². The van der Waals surface area contributed by atoms with E-state index in [0.717, 1.165) is 111 Å². The van der Waals surface area contributed by atoms with E-state index in [-0.39, 0.29) is 0 Å². The second-order valence-corrected chi connectivity index (χ2v) is 12.4. The number of halogens is 1. The van der Waals surface area contributed by atoms with Gasteiger partial charge in [-0.05, 0) is 97.9 Å². The minimum absolute atomic E-state index is 0.658. The first-order valence-electron chi connectivity index (χ1n) is 16.9. The van der Waals surface area contributed by atoms with Crippen LogP contribution in [0.5, 0.6) is 0 Å². The van der Waals surface area contributed by atoms with Gasteiger partial charge in [0.05, 0.1) is 34.2 Å². The van der Waals surface area contributed by atoms with E-state index in [1.54, 1.807) is 0 Å². The highest BCUT2D eigenvalue weighted by atomic mass is 35.5. The summed E-state index contributed by atoms with van der Waals surface area (Å²) in [6.07, 6.45) is 13.0. The summed E-state index contributed by atoms with van der Waals surface area (Å²) in [5, 5.41) is 0.658. The van der Waals surface area contributed by atoms with Crippen molar-refractivity contribution in [2.75, 3.05) is 0 Å². The van der Waals surface area contributed by atoms with E-state index in [1.807, 2.05) is 12.1 Å². The predicted molar refractivity (Wildman–Crippen MR) is 190 cm³/mol. The van der Waals surface area contributed by atoms with Crippen LogP contribution in [0.15, 0.2) is 46.4 Å². The van der Waals surface area contributed by atoms with E-state index < -0.39 is 0 Å². The van der Waals surface area contributed by atoms with Gasteiger partial charge in [-0.2, -0.15) is 0 Å². The maximum atomic E-state index is 6.73. The summed E-state index contributed by atoms with van der Waals surface area (Å²) < 4.78 is 0. The molecule has 232 valence electrons. The van der Waals surface area contributed by atoms with Crippen LogP contribution >= 0.6 is 11.6 Å². The average Bonchev–Trinajstić information content (AvgIpc) is 2.97. The van der Waals surface area contributed by atoms with Gasteiger partial charge < -0.3 is 0 Å². The number of aryl methyl sites for hydroxylation is 6. The Hall–Kier alpha value is -2.78. The first-order chi connectivity index (χ1) is 20.8. The first kappa shape index (κ1) is 34.7. The Balaban J connectivity index is 2.12. The molecule has 3 aromatic rings. The lowest BCUT2D eigenvalue weighted by Gasteiger charge is -2.16. The van der Waals surface area contributed by atoms with Crippen molar-refractivity contribution < 1.29 is 0 Å². The van der Waals surface area contributed by atoms with Gasteiger partial charge in [0.25, 0.3) is 0 Å². The lowest BCUT2D eigenvalue weighted by Crippen LogP contribution is -2.07. The van der Waals surface area contributed by atoms with E-state index in [1.165, 1.54) is 33.4 Å². The molecule has 0 N–H and O–H groups in total. The van der Waals surface area contributed by atoms with Crippen LogP contribution in [0.4, 0.5) is 11.4 Å². The molecule has 0 aliphatic rings. The van der Waals surface area contributed by atoms with Gasteiger partial charge in [-0.15, -0.1) is 0 Å². The zero-order chi connectivity index (χ0) is 31.4. The normalized spacial score (nSPS) is 12.3. The van der Waals surface area contributed by atoms with Crippen LogP contribution < -0.4 is 0 Å². The molecule has 0 saturated carbocycles. The molecule has 2 aromatic carbocycles. The first-order valence-corrected chi connectivity index (χ1v) is 17.2. The van der Waals surface area contributed by atoms with E-state index in [9.17, 15) is 0 Å². The monoisotopic (exact) mass is 599 g/mol. The van der Waals surface area contributed by atoms with Crippen molar-refractivity contribution in [1.82, 2.24) is 4.98 Å². The van der Waals surface area contributed by atoms with Crippen molar-refractivity contribution in [3.63, 3.8) is 0 Å². The molecule has 0 atom stereocenters. The molecule has 0 amide bonds. The molecule has 4 heteroatoms. The van der Waals surface area contributed by atoms with E-state index >= 15 is 0 Å². The van der Waals surface area contributed by atoms with Gasteiger partial charge in [-0.1, -0.05) is 116 Å². The summed E-state index contributed by atoms with van der Waals surface area (Å²) in [5.41, 5.74) is 13.8. The maximum Gasteiger partial charge on any atom is 0.0864 e. The van der Waals surface area contributed by atoms with Crippen LogP contribution in [0.2, 0.25) is 5.02 Å². The van der Waals surface area contributed by atoms with Crippen molar-refractivity contribution in [2.45, 2.75) is 132 Å². The molecular formula is C39H54ClN3. The van der Waals surface area contributed by atoms with Gasteiger partial charge in [0, 0.05) is 5.02 Å². The number of hydrogen-bond acceptors (Lipinski definition) is 3. The van der Waals surface area contributed by atoms with Crippen molar-refractivity contribution in [1.29, 1.82) is 0 Å². The number of aliphatic imine (C=N–C) groups is 2. The Morgan fingerprint density at radius 1 is 0.512 bits per heavy atom. The van der Waals surface area contributed by atoms with E-state index in [0.29, 0.717) is 5.02 Å². The molecule has 0 fully saturated rings. The zero-order valence-electron chi connectivity index (χ0n) is 28.2. The van der Waals surface area contributed by atoms with Gasteiger partial charge >= 0.3 is 0 Å². The van der Waals surface area contributed by atoms with Crippen molar-refractivity contribution >= 4 is 34.4 Å². The van der Waals surface area contributed by atoms with Crippen molar-refractivity contribution in [3.8, 4) is 0 Å². The topological polar surface area (TPSA) is 37.6 Å². The largest absolute Gasteiger partial charge is 0.251 e. The fourth-order valence-corrected chi connectivity index (χ4v) is 6.18. The van der Waals surface area contributed by atoms with Gasteiger partial charge in [0.2, 0.25) is 0 Å². The van der Waals surface area contributed by atoms with Crippen molar-refractivity contribution in [3.05, 3.63) is 86.2 Å². The number of hydrogen-bond donors (Lipinski definition) is 0. The molecule has 0 aliphatic heterocycles. The highest BCUT2D eigenvalue weighted by Gasteiger charge is 2.15. The fourth-order valence-electron chi connectivity index (χ4n) is 5.98. The smallest absolute Gasteiger partial charge is 0.0864 e. The lowest BCUT2D eigenvalue weighted by molar-refractivity contribution is 0.870. The van der Waals surface area contributed by atoms with Crippen LogP contribution in [0.1, 0.15) is 139 Å². The van der Waals surface area contributed by atoms with Crippen LogP contribution in [-0.4, -0.2) is 16.4 Å². The standard InChI is InChI=1S/C39H54ClN3/c1-9-15-29-21-31(17-11-3)38(32(22-29)18-12-4)41-27(7)36-25-35(40)26-37(43-36)28(8)42-39-33(19-13-5)23-30(16-10-2)24-34(39)20-14-6/h21-26H,9-20H2,1-8H3. The van der Waals surface area contributed by atoms with Gasteiger partial charge in [-0.25, -0.2) is 4.98 Å². The van der Waals surface area contributed by atoms with Crippen molar-refractivity contribution in [2.24, 2.45) is 9.98 Å². The average molecular weight is 600 g/mol. The summed E-state index contributed by atoms with van der Waals surface area (Å²) in [7, 11) is 0. The van der Waals surface area contributed by atoms with Gasteiger partial charge in [0.15, 0.2) is 0 Å². The van der Waals surface area contributed by atoms with E-state index in [2.05, 4.69) is 79.7 Å². The fraction of sp³-hybridized carbons (Fsp3) is 0.513. The molecule has 0 saturated heterocycles. The van der Waals surface area contributed by atoms with Gasteiger partial charge in [0.1, 0.15) is 0 Å². The second kappa shape index (κ2) is 17.5. The summed E-state index contributed by atoms with van der Waals surface area (Å²) in [4.78, 5) is 15.6. The summed E-state index contributed by atoms with van der Waals surface area (Å²) >= 11 is 6.73. The second-order valence-electron chi connectivity index (χ2n) is 12.0. The molecule has 0 radical (unpaired) electrons. The van der Waals surface area contributed by atoms with Crippen LogP contribution in [0.25, 0.3) is 0 Å². The molecular weight excluding hydrogens is 546 g/mol. The SMILES string of the molecule is CCCc1cc(CCC)c(N=C(C)c2cc(Cl)cc(C(C)=Nc3c(CCC)cc(CCC)cc3CCC)n2)c(CCC)c1. The Bertz CT molecular complexity index is 1260. The zero-order valence-corrected chi connectivity index (χ0v) is 28.9. The third-order valence-electron chi connectivity index (χ3n) is 7.90. The number of aromatic nitrogens is 1. The highest BCUT2D eigenvalue weighted by Crippen LogP contribution is 2.32. The minimum atomic E-state index is 0.658. The molecule has 0 aliphatic carbocycles. The minimum Gasteiger partial charge on any atom is -0.251 e. The predicted octanol–water partition coefficient (Wildman–Crippen LogP) is 11.7. The molecule has 1 heterocycles. The summed E-state index contributed by atoms with van der Waals surface area (Å²) in [6, 6.07) is 13.4. The summed E-state index contributed by atoms with van der Waals surface area (Å²) in [5.74, 6) is 0. The maximum absolute atomic E-state index is 6.73. The number of benzene rings is 2. The third-order valence-corrected chi connectivity index (χ3v) is 8.12. The lowest BCUT2D eigenvalue weighted by atomic mass is 9.95. The number of nitrogens with zero attached hydrogens (tertiary/aromatic N) is 3. The molecule has 43 heavy (non-hydrogen) atoms. The Morgan fingerprint density at radius 2 is 0.814 bits per heavy atom. The third kappa shape index (κ3) is 9.60. The molecule has 0 bridgehead atoms. The Labute approximate surface area is 267 Å². The quantitative estimate of drug-likeness (QED) is 0.151.